The zero-order valence-corrected chi connectivity index (χ0v) is 12.0. The van der Waals surface area contributed by atoms with Gasteiger partial charge in [-0.05, 0) is 34.5 Å². The lowest BCUT2D eigenvalue weighted by atomic mass is 10.3. The molecule has 0 spiro atoms. The van der Waals surface area contributed by atoms with Crippen molar-refractivity contribution in [3.63, 3.8) is 0 Å². The maximum Gasteiger partial charge on any atom is 0.243 e. The fourth-order valence-corrected chi connectivity index (χ4v) is 3.52. The second-order valence-corrected chi connectivity index (χ2v) is 6.92. The number of aromatic nitrogens is 1. The number of pyridine rings is 1. The van der Waals surface area contributed by atoms with Crippen molar-refractivity contribution >= 4 is 33.0 Å². The molecule has 2 aromatic rings. The van der Waals surface area contributed by atoms with E-state index in [-0.39, 0.29) is 10.0 Å². The van der Waals surface area contributed by atoms with Gasteiger partial charge in [0.1, 0.15) is 5.15 Å². The van der Waals surface area contributed by atoms with Crippen molar-refractivity contribution in [1.82, 2.24) is 9.29 Å². The summed E-state index contributed by atoms with van der Waals surface area (Å²) in [4.78, 5) is 3.93. The molecule has 0 aliphatic carbocycles. The largest absolute Gasteiger partial charge is 0.244 e. The summed E-state index contributed by atoms with van der Waals surface area (Å²) in [5, 5.41) is 4.00. The zero-order valence-electron chi connectivity index (χ0n) is 9.58. The van der Waals surface area contributed by atoms with Gasteiger partial charge in [-0.3, -0.25) is 0 Å². The van der Waals surface area contributed by atoms with Crippen LogP contribution in [0.1, 0.15) is 5.56 Å². The van der Waals surface area contributed by atoms with E-state index in [1.165, 1.54) is 34.0 Å². The van der Waals surface area contributed by atoms with Crippen LogP contribution in [-0.2, 0) is 16.6 Å². The second kappa shape index (κ2) is 5.36. The molecule has 7 heteroatoms. The molecule has 2 heterocycles. The number of hydrogen-bond donors (Lipinski definition) is 0. The summed E-state index contributed by atoms with van der Waals surface area (Å²) in [7, 11) is -1.98. The number of rotatable bonds is 4. The van der Waals surface area contributed by atoms with Crippen LogP contribution in [0.4, 0.5) is 0 Å². The Balaban J connectivity index is 2.25. The van der Waals surface area contributed by atoms with Crippen LogP contribution in [0.2, 0.25) is 5.15 Å². The van der Waals surface area contributed by atoms with Crippen molar-refractivity contribution in [2.45, 2.75) is 11.4 Å². The molecule has 0 aliphatic rings. The Hall–Kier alpha value is -0.950. The quantitative estimate of drug-likeness (QED) is 0.816. The molecule has 4 nitrogen and oxygen atoms in total. The lowest BCUT2D eigenvalue weighted by Gasteiger charge is -2.16. The van der Waals surface area contributed by atoms with Gasteiger partial charge in [-0.25, -0.2) is 13.4 Å². The number of thiophene rings is 1. The molecular formula is C11H11ClN2O2S2. The molecule has 0 aromatic carbocycles. The smallest absolute Gasteiger partial charge is 0.243 e. The Morgan fingerprint density at radius 2 is 2.22 bits per heavy atom. The minimum atomic E-state index is -3.52. The first-order chi connectivity index (χ1) is 8.50. The van der Waals surface area contributed by atoms with E-state index < -0.39 is 10.0 Å². The monoisotopic (exact) mass is 302 g/mol. The number of nitrogens with zero attached hydrogens (tertiary/aromatic N) is 2. The van der Waals surface area contributed by atoms with E-state index in [0.29, 0.717) is 6.54 Å². The number of hydrogen-bond acceptors (Lipinski definition) is 4. The Labute approximate surface area is 115 Å². The fourth-order valence-electron chi connectivity index (χ4n) is 1.45. The number of sulfonamides is 1. The van der Waals surface area contributed by atoms with Gasteiger partial charge in [-0.15, -0.1) is 0 Å². The average molecular weight is 303 g/mol. The van der Waals surface area contributed by atoms with Gasteiger partial charge < -0.3 is 0 Å². The molecular weight excluding hydrogens is 292 g/mol. The normalized spacial score (nSPS) is 11.9. The van der Waals surface area contributed by atoms with Gasteiger partial charge in [0.05, 0.1) is 4.90 Å². The van der Waals surface area contributed by atoms with Crippen LogP contribution in [-0.4, -0.2) is 24.8 Å². The van der Waals surface area contributed by atoms with Gasteiger partial charge in [0, 0.05) is 19.8 Å². The third-order valence-corrected chi connectivity index (χ3v) is 5.13. The van der Waals surface area contributed by atoms with Crippen LogP contribution >= 0.6 is 22.9 Å². The zero-order chi connectivity index (χ0) is 13.2. The molecule has 0 bridgehead atoms. The van der Waals surface area contributed by atoms with Gasteiger partial charge in [-0.1, -0.05) is 11.6 Å². The molecule has 0 unspecified atom stereocenters. The molecule has 0 fully saturated rings. The van der Waals surface area contributed by atoms with Crippen LogP contribution in [0, 0.1) is 0 Å². The molecule has 0 atom stereocenters. The van der Waals surface area contributed by atoms with E-state index in [2.05, 4.69) is 4.98 Å². The third-order valence-electron chi connectivity index (χ3n) is 2.39. The van der Waals surface area contributed by atoms with E-state index in [0.717, 1.165) is 5.56 Å². The summed E-state index contributed by atoms with van der Waals surface area (Å²) in [5.41, 5.74) is 0.964. The maximum atomic E-state index is 12.3. The van der Waals surface area contributed by atoms with Gasteiger partial charge in [0.15, 0.2) is 0 Å². The Morgan fingerprint density at radius 3 is 2.83 bits per heavy atom. The SMILES string of the molecule is CN(Cc1ccsc1)S(=O)(=O)c1ccnc(Cl)c1. The first kappa shape index (κ1) is 13.5. The molecule has 0 amide bonds. The second-order valence-electron chi connectivity index (χ2n) is 3.71. The van der Waals surface area contributed by atoms with Crippen molar-refractivity contribution in [3.05, 3.63) is 45.9 Å². The Kier molecular flexibility index (Phi) is 4.01. The highest BCUT2D eigenvalue weighted by Crippen LogP contribution is 2.19. The lowest BCUT2D eigenvalue weighted by Crippen LogP contribution is -2.26. The van der Waals surface area contributed by atoms with E-state index in [9.17, 15) is 8.42 Å². The Bertz CT molecular complexity index is 626. The van der Waals surface area contributed by atoms with Crippen LogP contribution in [0.25, 0.3) is 0 Å². The predicted octanol–water partition coefficient (Wildman–Crippen LogP) is 2.62. The molecule has 0 aliphatic heterocycles. The highest BCUT2D eigenvalue weighted by Gasteiger charge is 2.21. The first-order valence-corrected chi connectivity index (χ1v) is 7.85. The van der Waals surface area contributed by atoms with Crippen molar-refractivity contribution in [2.75, 3.05) is 7.05 Å². The van der Waals surface area contributed by atoms with Gasteiger partial charge in [0.25, 0.3) is 0 Å². The minimum Gasteiger partial charge on any atom is -0.244 e. The van der Waals surface area contributed by atoms with E-state index in [1.54, 1.807) is 7.05 Å². The first-order valence-electron chi connectivity index (χ1n) is 5.09. The summed E-state index contributed by atoms with van der Waals surface area (Å²) in [6, 6.07) is 4.68. The van der Waals surface area contributed by atoms with Crippen molar-refractivity contribution in [3.8, 4) is 0 Å². The lowest BCUT2D eigenvalue weighted by molar-refractivity contribution is 0.467. The standard InChI is InChI=1S/C11H11ClN2O2S2/c1-14(7-9-3-5-17-8-9)18(15,16)10-2-4-13-11(12)6-10/h2-6,8H,7H2,1H3. The average Bonchev–Trinajstić information content (AvgIpc) is 2.81. The molecule has 0 saturated carbocycles. The van der Waals surface area contributed by atoms with E-state index >= 15 is 0 Å². The van der Waals surface area contributed by atoms with Crippen molar-refractivity contribution in [2.24, 2.45) is 0 Å². The summed E-state index contributed by atoms with van der Waals surface area (Å²) in [6.07, 6.45) is 1.38. The molecule has 2 aromatic heterocycles. The van der Waals surface area contributed by atoms with Gasteiger partial charge in [-0.2, -0.15) is 15.6 Å². The third kappa shape index (κ3) is 2.89. The van der Waals surface area contributed by atoms with Crippen molar-refractivity contribution < 1.29 is 8.42 Å². The molecule has 0 N–H and O–H groups in total. The Morgan fingerprint density at radius 1 is 1.44 bits per heavy atom. The summed E-state index contributed by atoms with van der Waals surface area (Å²) in [5.74, 6) is 0. The fraction of sp³-hybridized carbons (Fsp3) is 0.182. The van der Waals surface area contributed by atoms with Crippen LogP contribution in [0.3, 0.4) is 0 Å². The molecule has 18 heavy (non-hydrogen) atoms. The topological polar surface area (TPSA) is 50.3 Å². The highest BCUT2D eigenvalue weighted by atomic mass is 35.5. The molecule has 0 radical (unpaired) electrons. The van der Waals surface area contributed by atoms with Crippen molar-refractivity contribution in [1.29, 1.82) is 0 Å². The number of halogens is 1. The molecule has 2 rings (SSSR count). The van der Waals surface area contributed by atoms with E-state index in [4.69, 9.17) is 11.6 Å². The molecule has 0 saturated heterocycles. The van der Waals surface area contributed by atoms with Crippen LogP contribution < -0.4 is 0 Å². The predicted molar refractivity (Wildman–Crippen MR) is 72.2 cm³/mol. The van der Waals surface area contributed by atoms with Gasteiger partial charge in [0.2, 0.25) is 10.0 Å². The molecule has 96 valence electrons. The van der Waals surface area contributed by atoms with Gasteiger partial charge >= 0.3 is 0 Å². The summed E-state index contributed by atoms with van der Waals surface area (Å²) in [6.45, 7) is 0.339. The summed E-state index contributed by atoms with van der Waals surface area (Å²) < 4.78 is 25.8. The maximum absolute atomic E-state index is 12.3. The van der Waals surface area contributed by atoms with E-state index in [1.807, 2.05) is 16.8 Å². The highest BCUT2D eigenvalue weighted by molar-refractivity contribution is 7.89. The van der Waals surface area contributed by atoms with Crippen LogP contribution in [0.5, 0.6) is 0 Å². The summed E-state index contributed by atoms with van der Waals surface area (Å²) >= 11 is 7.24. The van der Waals surface area contributed by atoms with Crippen LogP contribution in [0.15, 0.2) is 40.1 Å². The minimum absolute atomic E-state index is 0.153.